The Kier molecular flexibility index (Phi) is 8.84. The summed E-state index contributed by atoms with van der Waals surface area (Å²) in [4.78, 5) is 55.5. The number of hydrogen-bond donors (Lipinski definition) is 4. The molecule has 2 aromatic carbocycles. The molecule has 3 aliphatic rings. The summed E-state index contributed by atoms with van der Waals surface area (Å²) >= 11 is 0. The van der Waals surface area contributed by atoms with Crippen molar-refractivity contribution in [2.45, 2.75) is 75.9 Å². The summed E-state index contributed by atoms with van der Waals surface area (Å²) in [5.74, 6) is -0.783. The van der Waals surface area contributed by atoms with Crippen LogP contribution in [0.1, 0.15) is 64.8 Å². The van der Waals surface area contributed by atoms with E-state index in [0.717, 1.165) is 48.8 Å². The van der Waals surface area contributed by atoms with Gasteiger partial charge in [-0.1, -0.05) is 55.2 Å². The van der Waals surface area contributed by atoms with E-state index >= 15 is 0 Å². The minimum atomic E-state index is -1.08. The van der Waals surface area contributed by atoms with Gasteiger partial charge in [-0.3, -0.25) is 19.1 Å². The Bertz CT molecular complexity index is 1630. The lowest BCUT2D eigenvalue weighted by atomic mass is 9.83. The molecule has 5 amide bonds. The average Bonchev–Trinajstić information content (AvgIpc) is 3.77. The lowest BCUT2D eigenvalue weighted by Crippen LogP contribution is -2.60. The molecular formula is C35H43N7O4. The first kappa shape index (κ1) is 31.3. The van der Waals surface area contributed by atoms with Gasteiger partial charge in [0.2, 0.25) is 11.8 Å². The fourth-order valence-corrected chi connectivity index (χ4v) is 7.43. The van der Waals surface area contributed by atoms with E-state index in [2.05, 4.69) is 50.6 Å². The molecule has 3 atom stereocenters. The van der Waals surface area contributed by atoms with Crippen LogP contribution >= 0.6 is 0 Å². The van der Waals surface area contributed by atoms with Crippen LogP contribution in [0, 0.1) is 12.8 Å². The molecule has 2 aliphatic carbocycles. The highest BCUT2D eigenvalue weighted by atomic mass is 16.2. The first-order valence-corrected chi connectivity index (χ1v) is 16.2. The number of likely N-dealkylation sites (N-methyl/N-ethyl adjacent to an activating group) is 1. The molecule has 2 fully saturated rings. The molecule has 4 N–H and O–H groups in total. The fourth-order valence-electron chi connectivity index (χ4n) is 7.43. The van der Waals surface area contributed by atoms with Crippen molar-refractivity contribution in [2.24, 2.45) is 13.0 Å². The van der Waals surface area contributed by atoms with E-state index in [0.29, 0.717) is 37.2 Å². The van der Waals surface area contributed by atoms with E-state index in [1.54, 1.807) is 31.3 Å². The van der Waals surface area contributed by atoms with Gasteiger partial charge in [0.25, 0.3) is 5.91 Å². The van der Waals surface area contributed by atoms with E-state index in [1.165, 1.54) is 10.2 Å². The Morgan fingerprint density at radius 3 is 2.46 bits per heavy atom. The summed E-state index contributed by atoms with van der Waals surface area (Å²) in [6, 6.07) is 14.5. The predicted molar refractivity (Wildman–Crippen MR) is 174 cm³/mol. The zero-order chi connectivity index (χ0) is 32.4. The van der Waals surface area contributed by atoms with Crippen LogP contribution in [0.2, 0.25) is 0 Å². The van der Waals surface area contributed by atoms with Crippen LogP contribution in [-0.2, 0) is 35.9 Å². The molecule has 242 valence electrons. The average molecular weight is 626 g/mol. The second-order valence-electron chi connectivity index (χ2n) is 13.1. The monoisotopic (exact) mass is 625 g/mol. The second kappa shape index (κ2) is 13.0. The summed E-state index contributed by atoms with van der Waals surface area (Å²) in [6.45, 7) is 2.46. The minimum Gasteiger partial charge on any atom is -0.357 e. The van der Waals surface area contributed by atoms with Crippen LogP contribution in [0.3, 0.4) is 0 Å². The maximum Gasteiger partial charge on any atom is 0.318 e. The number of fused-ring (bicyclic) bond motifs is 1. The first-order chi connectivity index (χ1) is 22.2. The molecule has 11 heteroatoms. The number of carbonyl (C=O) groups is 4. The molecule has 0 bridgehead atoms. The van der Waals surface area contributed by atoms with Crippen LogP contribution in [0.15, 0.2) is 54.7 Å². The molecule has 1 aliphatic heterocycles. The number of nitrogens with zero attached hydrogens (tertiary/aromatic N) is 3. The van der Waals surface area contributed by atoms with Crippen molar-refractivity contribution in [3.05, 3.63) is 82.7 Å². The summed E-state index contributed by atoms with van der Waals surface area (Å²) in [5, 5.41) is 16.0. The molecule has 3 aromatic rings. The molecule has 1 saturated carbocycles. The number of aromatic nitrogens is 2. The van der Waals surface area contributed by atoms with Gasteiger partial charge < -0.3 is 26.2 Å². The van der Waals surface area contributed by atoms with Gasteiger partial charge in [-0.25, -0.2) is 4.79 Å². The van der Waals surface area contributed by atoms with Crippen molar-refractivity contribution in [2.75, 3.05) is 18.9 Å². The highest BCUT2D eigenvalue weighted by Crippen LogP contribution is 2.38. The van der Waals surface area contributed by atoms with Gasteiger partial charge in [-0.05, 0) is 67.0 Å². The van der Waals surface area contributed by atoms with Crippen LogP contribution in [-0.4, -0.2) is 69.6 Å². The van der Waals surface area contributed by atoms with Gasteiger partial charge in [-0.15, -0.1) is 0 Å². The quantitative estimate of drug-likeness (QED) is 0.289. The Hall–Kier alpha value is -4.67. The van der Waals surface area contributed by atoms with Crippen LogP contribution < -0.4 is 21.3 Å². The normalized spacial score (nSPS) is 21.8. The first-order valence-electron chi connectivity index (χ1n) is 16.2. The standard InChI is InChI=1S/C35H43N7O4/c1-22-9-11-23(12-10-22)17-28-21-42(34(46)39-28)35(33(45)36-2)19-25-13-14-27(18-26(25)20-35)38-32(44)30(24-7-5-4-6-8-24)40-31(43)29-15-16-37-41(29)3/h9-16,18,24,28,30H,4-8,17,19-21H2,1-3H3,(H,36,45)(H,38,44)(H,39,46)(H,40,43)/t28-,30+,35?/m1/s1. The zero-order valence-electron chi connectivity index (χ0n) is 26.8. The van der Waals surface area contributed by atoms with Crippen LogP contribution in [0.5, 0.6) is 0 Å². The third-order valence-corrected chi connectivity index (χ3v) is 9.93. The molecule has 2 heterocycles. The van der Waals surface area contributed by atoms with Gasteiger partial charge >= 0.3 is 6.03 Å². The molecular weight excluding hydrogens is 582 g/mol. The highest BCUT2D eigenvalue weighted by molar-refractivity contribution is 6.01. The molecule has 1 aromatic heterocycles. The molecule has 0 radical (unpaired) electrons. The number of hydrogen-bond acceptors (Lipinski definition) is 5. The van der Waals surface area contributed by atoms with Crippen molar-refractivity contribution in [1.29, 1.82) is 0 Å². The largest absolute Gasteiger partial charge is 0.357 e. The number of amides is 5. The van der Waals surface area contributed by atoms with Gasteiger partial charge in [0.15, 0.2) is 0 Å². The lowest BCUT2D eigenvalue weighted by molar-refractivity contribution is -0.130. The van der Waals surface area contributed by atoms with Crippen molar-refractivity contribution in [3.63, 3.8) is 0 Å². The number of benzene rings is 2. The Labute approximate surface area is 269 Å². The number of urea groups is 1. The summed E-state index contributed by atoms with van der Waals surface area (Å²) in [7, 11) is 3.30. The van der Waals surface area contributed by atoms with E-state index in [1.807, 2.05) is 25.1 Å². The topological polar surface area (TPSA) is 137 Å². The number of nitrogens with one attached hydrogen (secondary N) is 4. The number of rotatable bonds is 9. The van der Waals surface area contributed by atoms with Gasteiger partial charge in [0, 0.05) is 45.4 Å². The molecule has 6 rings (SSSR count). The minimum absolute atomic E-state index is 0.0304. The van der Waals surface area contributed by atoms with Crippen molar-refractivity contribution < 1.29 is 19.2 Å². The lowest BCUT2D eigenvalue weighted by Gasteiger charge is -2.36. The fraction of sp³-hybridized carbons (Fsp3) is 0.457. The van der Waals surface area contributed by atoms with E-state index < -0.39 is 11.6 Å². The Balaban J connectivity index is 1.19. The van der Waals surface area contributed by atoms with Gasteiger partial charge in [0.05, 0.1) is 6.04 Å². The molecule has 11 nitrogen and oxygen atoms in total. The molecule has 1 unspecified atom stereocenters. The highest BCUT2D eigenvalue weighted by Gasteiger charge is 2.53. The third-order valence-electron chi connectivity index (χ3n) is 9.93. The molecule has 1 saturated heterocycles. The maximum atomic E-state index is 13.8. The maximum absolute atomic E-state index is 13.8. The Morgan fingerprint density at radius 1 is 1.02 bits per heavy atom. The van der Waals surface area contributed by atoms with Crippen LogP contribution in [0.25, 0.3) is 0 Å². The predicted octanol–water partition coefficient (Wildman–Crippen LogP) is 3.27. The van der Waals surface area contributed by atoms with Crippen molar-refractivity contribution >= 4 is 29.4 Å². The van der Waals surface area contributed by atoms with Crippen molar-refractivity contribution in [3.8, 4) is 0 Å². The second-order valence-corrected chi connectivity index (χ2v) is 13.1. The number of anilines is 1. The summed E-state index contributed by atoms with van der Waals surface area (Å²) in [5.41, 5.74) is 4.09. The number of carbonyl (C=O) groups excluding carboxylic acids is 4. The van der Waals surface area contributed by atoms with Crippen molar-refractivity contribution in [1.82, 2.24) is 30.6 Å². The number of aryl methyl sites for hydroxylation is 2. The SMILES string of the molecule is CNC(=O)C1(N2C[C@@H](Cc3ccc(C)cc3)NC2=O)Cc2ccc(NC(=O)[C@@H](NC(=O)c3ccnn3C)C3CCCCC3)cc2C1. The van der Waals surface area contributed by atoms with Crippen LogP contribution in [0.4, 0.5) is 10.5 Å². The van der Waals surface area contributed by atoms with Gasteiger partial charge in [0.1, 0.15) is 17.3 Å². The molecule has 0 spiro atoms. The summed E-state index contributed by atoms with van der Waals surface area (Å²) < 4.78 is 1.50. The van der Waals surface area contributed by atoms with E-state index in [-0.39, 0.29) is 35.7 Å². The smallest absolute Gasteiger partial charge is 0.318 e. The Morgan fingerprint density at radius 2 is 1.76 bits per heavy atom. The van der Waals surface area contributed by atoms with E-state index in [9.17, 15) is 19.2 Å². The third kappa shape index (κ3) is 6.23. The molecule has 46 heavy (non-hydrogen) atoms. The summed E-state index contributed by atoms with van der Waals surface area (Å²) in [6.07, 6.45) is 7.85. The van der Waals surface area contributed by atoms with Gasteiger partial charge in [-0.2, -0.15) is 5.10 Å². The zero-order valence-corrected chi connectivity index (χ0v) is 26.8. The van der Waals surface area contributed by atoms with E-state index in [4.69, 9.17) is 0 Å².